The molecule has 5 nitrogen and oxygen atoms in total. The molecule has 0 spiro atoms. The molecule has 1 fully saturated rings. The lowest BCUT2D eigenvalue weighted by Crippen LogP contribution is -2.34. The molecule has 0 atom stereocenters. The third-order valence-corrected chi connectivity index (χ3v) is 2.70. The summed E-state index contributed by atoms with van der Waals surface area (Å²) in [6.45, 7) is 9.31. The van der Waals surface area contributed by atoms with Gasteiger partial charge in [-0.25, -0.2) is 4.79 Å². The van der Waals surface area contributed by atoms with E-state index in [1.807, 2.05) is 27.7 Å². The van der Waals surface area contributed by atoms with E-state index in [4.69, 9.17) is 4.74 Å². The molecule has 1 saturated heterocycles. The molecule has 1 N–H and O–H groups in total. The van der Waals surface area contributed by atoms with E-state index in [2.05, 4.69) is 4.98 Å². The molecule has 1 amide bonds. The molecule has 2 rings (SSSR count). The third kappa shape index (κ3) is 6.41. The molecule has 20 heavy (non-hydrogen) atoms. The number of H-pyrrole nitrogens is 1. The van der Waals surface area contributed by atoms with E-state index in [9.17, 15) is 9.59 Å². The maximum Gasteiger partial charge on any atom is 0.410 e. The molecule has 2 heterocycles. The number of likely N-dealkylation sites (tertiary alicyclic amines) is 1. The topological polar surface area (TPSA) is 62.4 Å². The van der Waals surface area contributed by atoms with Gasteiger partial charge in [-0.2, -0.15) is 0 Å². The predicted octanol–water partition coefficient (Wildman–Crippen LogP) is 2.70. The summed E-state index contributed by atoms with van der Waals surface area (Å²) in [5.74, 6) is 0. The van der Waals surface area contributed by atoms with Gasteiger partial charge in [0.15, 0.2) is 0 Å². The van der Waals surface area contributed by atoms with Crippen LogP contribution in [0.15, 0.2) is 23.1 Å². The van der Waals surface area contributed by atoms with E-state index >= 15 is 0 Å². The zero-order valence-corrected chi connectivity index (χ0v) is 12.7. The number of aromatic nitrogens is 1. The van der Waals surface area contributed by atoms with Gasteiger partial charge in [-0.05, 0) is 46.1 Å². The van der Waals surface area contributed by atoms with Crippen molar-refractivity contribution in [2.24, 2.45) is 0 Å². The molecule has 0 aromatic carbocycles. The highest BCUT2D eigenvalue weighted by Crippen LogP contribution is 2.14. The third-order valence-electron chi connectivity index (χ3n) is 2.70. The van der Waals surface area contributed by atoms with Crippen LogP contribution in [-0.2, 0) is 4.74 Å². The average molecular weight is 280 g/mol. The summed E-state index contributed by atoms with van der Waals surface area (Å²) in [6.07, 6.45) is 3.74. The number of rotatable bonds is 0. The lowest BCUT2D eigenvalue weighted by atomic mass is 10.2. The fourth-order valence-corrected chi connectivity index (χ4v) is 1.71. The monoisotopic (exact) mass is 280 g/mol. The van der Waals surface area contributed by atoms with E-state index in [1.165, 1.54) is 6.07 Å². The zero-order chi connectivity index (χ0) is 15.2. The minimum atomic E-state index is -0.361. The fraction of sp³-hybridized carbons (Fsp3) is 0.600. The number of nitrogens with one attached hydrogen (secondary N) is 1. The van der Waals surface area contributed by atoms with Crippen molar-refractivity contribution in [1.29, 1.82) is 0 Å². The van der Waals surface area contributed by atoms with Gasteiger partial charge in [0.1, 0.15) is 5.60 Å². The Morgan fingerprint density at radius 2 is 1.85 bits per heavy atom. The summed E-state index contributed by atoms with van der Waals surface area (Å²) in [5.41, 5.74) is 0.667. The van der Waals surface area contributed by atoms with Gasteiger partial charge in [0, 0.05) is 25.4 Å². The standard InChI is InChI=1S/C9H17NO2.C6H7NO/c1-9(2,3)12-8(11)10-6-4-5-7-10;1-5-2-3-6(8)7-4-5/h4-7H2,1-3H3;2-4H,1H3,(H,7,8). The minimum absolute atomic E-state index is 0.0457. The Morgan fingerprint density at radius 1 is 1.25 bits per heavy atom. The van der Waals surface area contributed by atoms with E-state index < -0.39 is 0 Å². The van der Waals surface area contributed by atoms with Crippen LogP contribution in [0.1, 0.15) is 39.2 Å². The Hall–Kier alpha value is -1.78. The molecule has 0 radical (unpaired) electrons. The van der Waals surface area contributed by atoms with Crippen LogP contribution in [0.25, 0.3) is 0 Å². The number of pyridine rings is 1. The van der Waals surface area contributed by atoms with Gasteiger partial charge < -0.3 is 14.6 Å². The molecule has 0 aliphatic carbocycles. The Bertz CT molecular complexity index is 462. The maximum atomic E-state index is 11.4. The van der Waals surface area contributed by atoms with E-state index in [-0.39, 0.29) is 17.3 Å². The Balaban J connectivity index is 0.000000217. The SMILES string of the molecule is CC(C)(C)OC(=O)N1CCCC1.Cc1ccc(=O)[nH]c1. The van der Waals surface area contributed by atoms with Crippen molar-refractivity contribution in [1.82, 2.24) is 9.88 Å². The molecule has 112 valence electrons. The number of amides is 1. The molecule has 1 aromatic heterocycles. The number of hydrogen-bond acceptors (Lipinski definition) is 3. The van der Waals surface area contributed by atoms with Gasteiger partial charge in [-0.15, -0.1) is 0 Å². The summed E-state index contributed by atoms with van der Waals surface area (Å²) in [6, 6.07) is 3.29. The van der Waals surface area contributed by atoms with Crippen LogP contribution in [0.5, 0.6) is 0 Å². The first-order chi connectivity index (χ1) is 9.28. The molecule has 1 aliphatic heterocycles. The number of hydrogen-bond donors (Lipinski definition) is 1. The molecule has 1 aromatic rings. The van der Waals surface area contributed by atoms with Gasteiger partial charge in [-0.3, -0.25) is 4.79 Å². The molecular formula is C15H24N2O3. The Morgan fingerprint density at radius 3 is 2.25 bits per heavy atom. The Kier molecular flexibility index (Phi) is 5.80. The van der Waals surface area contributed by atoms with Crippen LogP contribution in [0.4, 0.5) is 4.79 Å². The van der Waals surface area contributed by atoms with E-state index in [0.29, 0.717) is 0 Å². The number of carbonyl (C=O) groups is 1. The number of carbonyl (C=O) groups excluding carboxylic acids is 1. The largest absolute Gasteiger partial charge is 0.444 e. The minimum Gasteiger partial charge on any atom is -0.444 e. The van der Waals surface area contributed by atoms with Crippen molar-refractivity contribution in [3.05, 3.63) is 34.2 Å². The van der Waals surface area contributed by atoms with Crippen LogP contribution < -0.4 is 5.56 Å². The number of ether oxygens (including phenoxy) is 1. The fourth-order valence-electron chi connectivity index (χ4n) is 1.71. The highest BCUT2D eigenvalue weighted by atomic mass is 16.6. The maximum absolute atomic E-state index is 11.4. The predicted molar refractivity (Wildman–Crippen MR) is 78.8 cm³/mol. The van der Waals surface area contributed by atoms with Crippen molar-refractivity contribution in [3.63, 3.8) is 0 Å². The highest BCUT2D eigenvalue weighted by molar-refractivity contribution is 5.68. The second kappa shape index (κ2) is 7.12. The number of aryl methyl sites for hydroxylation is 1. The van der Waals surface area contributed by atoms with E-state index in [1.54, 1.807) is 17.2 Å². The molecule has 0 saturated carbocycles. The second-order valence-corrected chi connectivity index (χ2v) is 5.90. The zero-order valence-electron chi connectivity index (χ0n) is 12.7. The molecule has 5 heteroatoms. The van der Waals surface area contributed by atoms with Crippen molar-refractivity contribution in [3.8, 4) is 0 Å². The average Bonchev–Trinajstić information content (AvgIpc) is 2.85. The smallest absolute Gasteiger partial charge is 0.410 e. The first-order valence-electron chi connectivity index (χ1n) is 6.91. The summed E-state index contributed by atoms with van der Waals surface area (Å²) < 4.78 is 5.21. The lowest BCUT2D eigenvalue weighted by molar-refractivity contribution is 0.0295. The van der Waals surface area contributed by atoms with Gasteiger partial charge >= 0.3 is 6.09 Å². The van der Waals surface area contributed by atoms with Crippen molar-refractivity contribution in [2.75, 3.05) is 13.1 Å². The van der Waals surface area contributed by atoms with Crippen molar-refractivity contribution >= 4 is 6.09 Å². The molecule has 1 aliphatic rings. The highest BCUT2D eigenvalue weighted by Gasteiger charge is 2.23. The summed E-state index contributed by atoms with van der Waals surface area (Å²) >= 11 is 0. The number of aromatic amines is 1. The van der Waals surface area contributed by atoms with Gasteiger partial charge in [0.05, 0.1) is 0 Å². The summed E-state index contributed by atoms with van der Waals surface area (Å²) in [4.78, 5) is 26.0. The van der Waals surface area contributed by atoms with Crippen LogP contribution >= 0.6 is 0 Å². The van der Waals surface area contributed by atoms with Crippen LogP contribution in [0.2, 0.25) is 0 Å². The van der Waals surface area contributed by atoms with E-state index in [0.717, 1.165) is 31.5 Å². The molecule has 0 unspecified atom stereocenters. The normalized spacial score (nSPS) is 14.5. The lowest BCUT2D eigenvalue weighted by Gasteiger charge is -2.23. The summed E-state index contributed by atoms with van der Waals surface area (Å²) in [5, 5.41) is 0. The van der Waals surface area contributed by atoms with Crippen LogP contribution in [0, 0.1) is 6.92 Å². The van der Waals surface area contributed by atoms with Crippen LogP contribution in [-0.4, -0.2) is 34.7 Å². The van der Waals surface area contributed by atoms with Crippen molar-refractivity contribution < 1.29 is 9.53 Å². The first kappa shape index (κ1) is 16.3. The number of nitrogens with zero attached hydrogens (tertiary/aromatic N) is 1. The van der Waals surface area contributed by atoms with Gasteiger partial charge in [0.25, 0.3) is 0 Å². The second-order valence-electron chi connectivity index (χ2n) is 5.90. The Labute approximate surface area is 119 Å². The molecule has 0 bridgehead atoms. The van der Waals surface area contributed by atoms with Gasteiger partial charge in [0.2, 0.25) is 5.56 Å². The van der Waals surface area contributed by atoms with Gasteiger partial charge in [-0.1, -0.05) is 6.07 Å². The summed E-state index contributed by atoms with van der Waals surface area (Å²) in [7, 11) is 0. The van der Waals surface area contributed by atoms with Crippen LogP contribution in [0.3, 0.4) is 0 Å². The first-order valence-corrected chi connectivity index (χ1v) is 6.91. The molecular weight excluding hydrogens is 256 g/mol. The quantitative estimate of drug-likeness (QED) is 0.794. The van der Waals surface area contributed by atoms with Crippen molar-refractivity contribution in [2.45, 2.75) is 46.1 Å².